The molecule has 0 amide bonds. The number of aryl methyl sites for hydroxylation is 2. The molecule has 0 radical (unpaired) electrons. The van der Waals surface area contributed by atoms with Crippen molar-refractivity contribution in [3.8, 4) is 11.5 Å². The number of halogens is 1. The largest absolute Gasteiger partial charge is 0.490 e. The molecule has 162 valence electrons. The van der Waals surface area contributed by atoms with Gasteiger partial charge in [-0.15, -0.1) is 0 Å². The number of hydrogen-bond donors (Lipinski definition) is 2. The number of benzene rings is 3. The minimum atomic E-state index is -0.929. The average molecular weight is 484 g/mol. The molecule has 0 fully saturated rings. The highest BCUT2D eigenvalue weighted by Gasteiger charge is 2.13. The van der Waals surface area contributed by atoms with Crippen LogP contribution in [0.25, 0.3) is 0 Å². The van der Waals surface area contributed by atoms with E-state index in [1.54, 1.807) is 18.2 Å². The Balaban J connectivity index is 1.75. The van der Waals surface area contributed by atoms with Crippen molar-refractivity contribution in [1.82, 2.24) is 0 Å². The van der Waals surface area contributed by atoms with Crippen LogP contribution in [0.1, 0.15) is 39.5 Å². The van der Waals surface area contributed by atoms with Gasteiger partial charge in [0, 0.05) is 12.2 Å². The molecular weight excluding hydrogens is 458 g/mol. The van der Waals surface area contributed by atoms with Gasteiger partial charge in [0.2, 0.25) is 0 Å². The van der Waals surface area contributed by atoms with E-state index in [4.69, 9.17) is 14.6 Å². The summed E-state index contributed by atoms with van der Waals surface area (Å²) in [7, 11) is 0. The Morgan fingerprint density at radius 3 is 2.52 bits per heavy atom. The Bertz CT molecular complexity index is 1080. The second-order valence-corrected chi connectivity index (χ2v) is 8.16. The van der Waals surface area contributed by atoms with Gasteiger partial charge < -0.3 is 19.9 Å². The van der Waals surface area contributed by atoms with Gasteiger partial charge in [-0.05, 0) is 83.7 Å². The van der Waals surface area contributed by atoms with E-state index in [1.807, 2.05) is 38.1 Å². The molecule has 5 nitrogen and oxygen atoms in total. The fourth-order valence-corrected chi connectivity index (χ4v) is 3.88. The second kappa shape index (κ2) is 10.4. The summed E-state index contributed by atoms with van der Waals surface area (Å²) in [6, 6.07) is 17.2. The SMILES string of the molecule is CCOc1cc(CNc2ccc(C(=O)O)cc2C)cc(Br)c1OCc1cccc(C)c1. The number of carboxylic acids is 1. The van der Waals surface area contributed by atoms with Gasteiger partial charge in [-0.2, -0.15) is 0 Å². The van der Waals surface area contributed by atoms with Crippen molar-refractivity contribution in [2.75, 3.05) is 11.9 Å². The van der Waals surface area contributed by atoms with Crippen molar-refractivity contribution in [3.63, 3.8) is 0 Å². The van der Waals surface area contributed by atoms with Crippen LogP contribution in [0.3, 0.4) is 0 Å². The lowest BCUT2D eigenvalue weighted by Crippen LogP contribution is -2.05. The van der Waals surface area contributed by atoms with Crippen LogP contribution in [0.5, 0.6) is 11.5 Å². The number of anilines is 1. The number of carboxylic acid groups (broad SMARTS) is 1. The van der Waals surface area contributed by atoms with Crippen molar-refractivity contribution in [1.29, 1.82) is 0 Å². The first-order chi connectivity index (χ1) is 14.9. The van der Waals surface area contributed by atoms with Crippen LogP contribution in [0.15, 0.2) is 59.1 Å². The summed E-state index contributed by atoms with van der Waals surface area (Å²) in [4.78, 5) is 11.1. The summed E-state index contributed by atoms with van der Waals surface area (Å²) >= 11 is 3.62. The molecular formula is C25H26BrNO4. The first kappa shape index (κ1) is 22.7. The molecule has 0 heterocycles. The lowest BCUT2D eigenvalue weighted by Gasteiger charge is -2.17. The molecule has 2 N–H and O–H groups in total. The monoisotopic (exact) mass is 483 g/mol. The summed E-state index contributed by atoms with van der Waals surface area (Å²) in [6.45, 7) is 7.43. The molecule has 0 aliphatic rings. The van der Waals surface area contributed by atoms with Crippen LogP contribution in [0.2, 0.25) is 0 Å². The molecule has 6 heteroatoms. The smallest absolute Gasteiger partial charge is 0.335 e. The number of rotatable bonds is 9. The third kappa shape index (κ3) is 6.01. The zero-order valence-corrected chi connectivity index (χ0v) is 19.5. The van der Waals surface area contributed by atoms with Crippen LogP contribution >= 0.6 is 15.9 Å². The maximum absolute atomic E-state index is 11.1. The molecule has 3 aromatic rings. The third-order valence-electron chi connectivity index (χ3n) is 4.79. The van der Waals surface area contributed by atoms with Crippen molar-refractivity contribution in [2.24, 2.45) is 0 Å². The van der Waals surface area contributed by atoms with Crippen LogP contribution in [-0.4, -0.2) is 17.7 Å². The summed E-state index contributed by atoms with van der Waals surface area (Å²) in [6.07, 6.45) is 0. The number of aromatic carboxylic acids is 1. The Morgan fingerprint density at radius 1 is 1.03 bits per heavy atom. The molecule has 0 aliphatic carbocycles. The lowest BCUT2D eigenvalue weighted by atomic mass is 10.1. The van der Waals surface area contributed by atoms with Gasteiger partial charge in [0.25, 0.3) is 0 Å². The second-order valence-electron chi connectivity index (χ2n) is 7.30. The van der Waals surface area contributed by atoms with Crippen molar-refractivity contribution < 1.29 is 19.4 Å². The quantitative estimate of drug-likeness (QED) is 0.370. The van der Waals surface area contributed by atoms with E-state index in [0.29, 0.717) is 31.3 Å². The zero-order valence-electron chi connectivity index (χ0n) is 17.9. The normalized spacial score (nSPS) is 10.6. The fraction of sp³-hybridized carbons (Fsp3) is 0.240. The van der Waals surface area contributed by atoms with Gasteiger partial charge in [0.1, 0.15) is 6.61 Å². The summed E-state index contributed by atoms with van der Waals surface area (Å²) in [5, 5.41) is 12.5. The van der Waals surface area contributed by atoms with Gasteiger partial charge in [-0.3, -0.25) is 0 Å². The zero-order chi connectivity index (χ0) is 22.4. The maximum atomic E-state index is 11.1. The van der Waals surface area contributed by atoms with E-state index >= 15 is 0 Å². The van der Waals surface area contributed by atoms with Gasteiger partial charge in [-0.25, -0.2) is 4.79 Å². The van der Waals surface area contributed by atoms with E-state index in [2.05, 4.69) is 40.3 Å². The number of nitrogens with one attached hydrogen (secondary N) is 1. The van der Waals surface area contributed by atoms with Gasteiger partial charge >= 0.3 is 5.97 Å². The van der Waals surface area contributed by atoms with Gasteiger partial charge in [0.15, 0.2) is 11.5 Å². The van der Waals surface area contributed by atoms with Gasteiger partial charge in [0.05, 0.1) is 16.6 Å². The average Bonchev–Trinajstić information content (AvgIpc) is 2.72. The molecule has 3 rings (SSSR count). The Kier molecular flexibility index (Phi) is 7.58. The highest BCUT2D eigenvalue weighted by Crippen LogP contribution is 2.37. The van der Waals surface area contributed by atoms with E-state index in [0.717, 1.165) is 26.9 Å². The van der Waals surface area contributed by atoms with E-state index in [9.17, 15) is 4.79 Å². The predicted octanol–water partition coefficient (Wildman–Crippen LogP) is 6.35. The molecule has 0 saturated heterocycles. The topological polar surface area (TPSA) is 67.8 Å². The van der Waals surface area contributed by atoms with E-state index < -0.39 is 5.97 Å². The molecule has 0 saturated carbocycles. The molecule has 0 aliphatic heterocycles. The molecule has 3 aromatic carbocycles. The summed E-state index contributed by atoms with van der Waals surface area (Å²) in [5.74, 6) is 0.426. The van der Waals surface area contributed by atoms with Crippen LogP contribution in [0, 0.1) is 13.8 Å². The highest BCUT2D eigenvalue weighted by atomic mass is 79.9. The number of ether oxygens (including phenoxy) is 2. The van der Waals surface area contributed by atoms with Crippen LogP contribution in [0.4, 0.5) is 5.69 Å². The van der Waals surface area contributed by atoms with E-state index in [-0.39, 0.29) is 5.56 Å². The number of carbonyl (C=O) groups is 1. The lowest BCUT2D eigenvalue weighted by molar-refractivity contribution is 0.0697. The van der Waals surface area contributed by atoms with Crippen molar-refractivity contribution >= 4 is 27.6 Å². The molecule has 0 unspecified atom stereocenters. The first-order valence-corrected chi connectivity index (χ1v) is 10.9. The fourth-order valence-electron chi connectivity index (χ4n) is 3.28. The number of hydrogen-bond acceptors (Lipinski definition) is 4. The molecule has 0 atom stereocenters. The summed E-state index contributed by atoms with van der Waals surface area (Å²) < 4.78 is 12.7. The van der Waals surface area contributed by atoms with Crippen molar-refractivity contribution in [2.45, 2.75) is 33.9 Å². The maximum Gasteiger partial charge on any atom is 0.335 e. The third-order valence-corrected chi connectivity index (χ3v) is 5.38. The van der Waals surface area contributed by atoms with Crippen LogP contribution < -0.4 is 14.8 Å². The Hall–Kier alpha value is -2.99. The Morgan fingerprint density at radius 2 is 1.84 bits per heavy atom. The van der Waals surface area contributed by atoms with Crippen molar-refractivity contribution in [3.05, 3.63) is 86.9 Å². The Labute approximate surface area is 191 Å². The first-order valence-electron chi connectivity index (χ1n) is 10.1. The molecule has 0 spiro atoms. The molecule has 0 aromatic heterocycles. The highest BCUT2D eigenvalue weighted by molar-refractivity contribution is 9.10. The predicted molar refractivity (Wildman–Crippen MR) is 126 cm³/mol. The van der Waals surface area contributed by atoms with E-state index in [1.165, 1.54) is 5.56 Å². The molecule has 31 heavy (non-hydrogen) atoms. The standard InChI is InChI=1S/C25H26BrNO4/c1-4-30-23-13-19(14-27-22-9-8-20(25(28)29)11-17(22)3)12-21(26)24(23)31-15-18-7-5-6-16(2)10-18/h5-13,27H,4,14-15H2,1-3H3,(H,28,29). The minimum Gasteiger partial charge on any atom is -0.490 e. The summed E-state index contributed by atoms with van der Waals surface area (Å²) in [5.41, 5.74) is 5.35. The van der Waals surface area contributed by atoms with Gasteiger partial charge in [-0.1, -0.05) is 29.8 Å². The molecule has 0 bridgehead atoms. The van der Waals surface area contributed by atoms with Crippen LogP contribution in [-0.2, 0) is 13.2 Å². The minimum absolute atomic E-state index is 0.277.